The average Bonchev–Trinajstić information content (AvgIpc) is 3.63. The molecule has 0 aliphatic carbocycles. The number of nitrogens with zero attached hydrogens (tertiary/aromatic N) is 5. The predicted molar refractivity (Wildman–Crippen MR) is 141 cm³/mol. The van der Waals surface area contributed by atoms with Crippen molar-refractivity contribution >= 4 is 40.4 Å². The number of thiophene rings is 1. The first-order chi connectivity index (χ1) is 17.3. The number of carbonyl (C=O) groups excluding carboxylic acids is 1. The van der Waals surface area contributed by atoms with Crippen LogP contribution in [-0.2, 0) is 6.54 Å². The Morgan fingerprint density at radius 2 is 2.11 bits per heavy atom. The smallest absolute Gasteiger partial charge is 0.390 e. The molecule has 4 aromatic rings. The summed E-state index contributed by atoms with van der Waals surface area (Å²) in [4.78, 5) is 25.1. The summed E-state index contributed by atoms with van der Waals surface area (Å²) in [7, 11) is 0. The van der Waals surface area contributed by atoms with Crippen molar-refractivity contribution in [1.29, 1.82) is 0 Å². The van der Waals surface area contributed by atoms with Crippen molar-refractivity contribution in [3.05, 3.63) is 44.8 Å². The highest BCUT2D eigenvalue weighted by atomic mass is 35.5. The molecule has 1 aliphatic rings. The van der Waals surface area contributed by atoms with E-state index in [1.54, 1.807) is 6.20 Å². The molecule has 5 heterocycles. The van der Waals surface area contributed by atoms with Gasteiger partial charge in [0.2, 0.25) is 5.88 Å². The number of hydrogen-bond donors (Lipinski definition) is 1. The van der Waals surface area contributed by atoms with Gasteiger partial charge in [-0.05, 0) is 45.7 Å². The van der Waals surface area contributed by atoms with Crippen molar-refractivity contribution in [2.24, 2.45) is 0 Å². The van der Waals surface area contributed by atoms with Gasteiger partial charge in [-0.25, -0.2) is 9.78 Å². The molecule has 0 saturated carbocycles. The number of aryl methyl sites for hydroxylation is 1. The number of amides is 1. The molecule has 0 atom stereocenters. The topological polar surface area (TPSA) is 98.3 Å². The summed E-state index contributed by atoms with van der Waals surface area (Å²) in [6.07, 6.45) is 2.99. The van der Waals surface area contributed by atoms with Crippen LogP contribution in [0.1, 0.15) is 37.4 Å². The van der Waals surface area contributed by atoms with Crippen molar-refractivity contribution in [2.45, 2.75) is 52.2 Å². The lowest BCUT2D eigenvalue weighted by Gasteiger charge is -2.34. The van der Waals surface area contributed by atoms with E-state index in [1.165, 1.54) is 22.7 Å². The number of aromatic nitrogens is 4. The van der Waals surface area contributed by atoms with Crippen molar-refractivity contribution in [2.75, 3.05) is 13.1 Å². The Morgan fingerprint density at radius 1 is 1.31 bits per heavy atom. The van der Waals surface area contributed by atoms with E-state index in [0.29, 0.717) is 39.9 Å². The van der Waals surface area contributed by atoms with Gasteiger partial charge >= 0.3 is 6.09 Å². The van der Waals surface area contributed by atoms with Crippen LogP contribution >= 0.6 is 34.3 Å². The van der Waals surface area contributed by atoms with Crippen LogP contribution in [0, 0.1) is 6.92 Å². The molecule has 36 heavy (non-hydrogen) atoms. The van der Waals surface area contributed by atoms with Gasteiger partial charge in [0.15, 0.2) is 11.6 Å². The number of likely N-dealkylation sites (tertiary alicyclic amines) is 1. The zero-order chi connectivity index (χ0) is 25.2. The van der Waals surface area contributed by atoms with E-state index in [4.69, 9.17) is 20.9 Å². The summed E-state index contributed by atoms with van der Waals surface area (Å²) < 4.78 is 13.6. The van der Waals surface area contributed by atoms with Crippen LogP contribution in [0.2, 0.25) is 4.34 Å². The Bertz CT molecular complexity index is 1340. The highest BCUT2D eigenvalue weighted by molar-refractivity contribution is 7.19. The lowest BCUT2D eigenvalue weighted by molar-refractivity contribution is 0.151. The van der Waals surface area contributed by atoms with Gasteiger partial charge < -0.3 is 24.0 Å². The fourth-order valence-electron chi connectivity index (χ4n) is 4.21. The third-order valence-electron chi connectivity index (χ3n) is 6.09. The van der Waals surface area contributed by atoms with E-state index >= 15 is 0 Å². The minimum Gasteiger partial charge on any atom is -0.390 e. The van der Waals surface area contributed by atoms with Gasteiger partial charge in [0.25, 0.3) is 0 Å². The maximum absolute atomic E-state index is 12.6. The molecule has 5 rings (SSSR count). The fourth-order valence-corrected chi connectivity index (χ4v) is 5.79. The molecule has 1 saturated heterocycles. The molecule has 1 aliphatic heterocycles. The van der Waals surface area contributed by atoms with Gasteiger partial charge in [-0.1, -0.05) is 16.8 Å². The first-order valence-corrected chi connectivity index (χ1v) is 13.8. The second-order valence-corrected chi connectivity index (χ2v) is 11.8. The van der Waals surface area contributed by atoms with E-state index in [-0.39, 0.29) is 11.9 Å². The molecule has 0 bridgehead atoms. The van der Waals surface area contributed by atoms with E-state index < -0.39 is 6.09 Å². The van der Waals surface area contributed by atoms with Crippen LogP contribution in [0.3, 0.4) is 0 Å². The first-order valence-electron chi connectivity index (χ1n) is 11.8. The van der Waals surface area contributed by atoms with Crippen LogP contribution in [0.15, 0.2) is 34.3 Å². The molecule has 1 N–H and O–H groups in total. The Kier molecular flexibility index (Phi) is 7.42. The molecule has 9 nitrogen and oxygen atoms in total. The van der Waals surface area contributed by atoms with Crippen molar-refractivity contribution in [1.82, 2.24) is 29.9 Å². The van der Waals surface area contributed by atoms with Crippen LogP contribution < -0.4 is 10.1 Å². The minimum absolute atomic E-state index is 0.0922. The molecule has 0 radical (unpaired) electrons. The largest absolute Gasteiger partial charge is 0.414 e. The van der Waals surface area contributed by atoms with E-state index in [2.05, 4.69) is 39.2 Å². The molecule has 0 spiro atoms. The van der Waals surface area contributed by atoms with Crippen LogP contribution in [0.5, 0.6) is 5.88 Å². The SMILES string of the molecule is Cc1nc(-c2nc(OC(=O)NC3CCN(C(C)C)CC3)cn2Cc2cc(-c3ccc(Cl)s3)on2)cs1. The van der Waals surface area contributed by atoms with E-state index in [1.807, 2.05) is 35.1 Å². The summed E-state index contributed by atoms with van der Waals surface area (Å²) in [6.45, 7) is 8.62. The van der Waals surface area contributed by atoms with Crippen molar-refractivity contribution < 1.29 is 14.1 Å². The summed E-state index contributed by atoms with van der Waals surface area (Å²) in [6, 6.07) is 6.20. The minimum atomic E-state index is -0.498. The molecule has 1 amide bonds. The highest BCUT2D eigenvalue weighted by Gasteiger charge is 2.24. The summed E-state index contributed by atoms with van der Waals surface area (Å²) >= 11 is 9.01. The number of rotatable bonds is 7. The van der Waals surface area contributed by atoms with Gasteiger partial charge in [0.05, 0.1) is 27.0 Å². The standard InChI is InChI=1S/C24H27ClN6O3S2/c1-14(2)30-8-6-16(7-9-30)27-24(32)33-22-12-31(23(28-22)18-13-35-15(3)26-18)11-17-10-19(34-29-17)20-4-5-21(25)36-20/h4-5,10,12-14,16H,6-9,11H2,1-3H3,(H,27,32). The van der Waals surface area contributed by atoms with Crippen LogP contribution in [0.25, 0.3) is 22.2 Å². The average molecular weight is 547 g/mol. The molecule has 0 unspecified atom stereocenters. The monoisotopic (exact) mass is 546 g/mol. The van der Waals surface area contributed by atoms with Gasteiger partial charge in [-0.3, -0.25) is 0 Å². The zero-order valence-corrected chi connectivity index (χ0v) is 22.6. The number of hydrogen-bond acceptors (Lipinski definition) is 9. The number of halogens is 1. The molecule has 12 heteroatoms. The number of carbonyl (C=O) groups is 1. The summed E-state index contributed by atoms with van der Waals surface area (Å²) in [5, 5.41) is 10.0. The van der Waals surface area contributed by atoms with Crippen LogP contribution in [0.4, 0.5) is 4.79 Å². The number of nitrogens with one attached hydrogen (secondary N) is 1. The van der Waals surface area contributed by atoms with Crippen molar-refractivity contribution in [3.63, 3.8) is 0 Å². The second kappa shape index (κ2) is 10.7. The van der Waals surface area contributed by atoms with Gasteiger partial charge in [-0.15, -0.1) is 22.7 Å². The first kappa shape index (κ1) is 24.9. The van der Waals surface area contributed by atoms with Gasteiger partial charge in [-0.2, -0.15) is 4.98 Å². The second-order valence-electron chi connectivity index (χ2n) is 9.01. The molecular formula is C24H27ClN6O3S2. The highest BCUT2D eigenvalue weighted by Crippen LogP contribution is 2.32. The van der Waals surface area contributed by atoms with E-state index in [9.17, 15) is 4.79 Å². The molecule has 1 fully saturated rings. The molecule has 0 aromatic carbocycles. The van der Waals surface area contributed by atoms with Crippen molar-refractivity contribution in [3.8, 4) is 28.0 Å². The quantitative estimate of drug-likeness (QED) is 0.318. The summed E-state index contributed by atoms with van der Waals surface area (Å²) in [5.74, 6) is 1.45. The molecule has 190 valence electrons. The maximum atomic E-state index is 12.6. The lowest BCUT2D eigenvalue weighted by Crippen LogP contribution is -2.47. The number of thiazole rings is 1. The Labute approximate surface area is 222 Å². The Balaban J connectivity index is 1.30. The lowest BCUT2D eigenvalue weighted by atomic mass is 10.0. The van der Waals surface area contributed by atoms with Crippen LogP contribution in [-0.4, -0.2) is 55.9 Å². The number of ether oxygens (including phenoxy) is 1. The molecular weight excluding hydrogens is 520 g/mol. The predicted octanol–water partition coefficient (Wildman–Crippen LogP) is 5.69. The third-order valence-corrected chi connectivity index (χ3v) is 8.11. The third kappa shape index (κ3) is 5.80. The zero-order valence-electron chi connectivity index (χ0n) is 20.2. The van der Waals surface area contributed by atoms with Gasteiger partial charge in [0, 0.05) is 36.6 Å². The number of imidazole rings is 1. The normalized spacial score (nSPS) is 15.0. The molecule has 4 aromatic heterocycles. The summed E-state index contributed by atoms with van der Waals surface area (Å²) in [5.41, 5.74) is 1.41. The maximum Gasteiger partial charge on any atom is 0.414 e. The van der Waals surface area contributed by atoms with E-state index in [0.717, 1.165) is 35.8 Å². The number of piperidine rings is 1. The van der Waals surface area contributed by atoms with Gasteiger partial charge in [0.1, 0.15) is 11.4 Å². The Hall–Kier alpha value is -2.73. The fraction of sp³-hybridized carbons (Fsp3) is 0.417. The Morgan fingerprint density at radius 3 is 2.78 bits per heavy atom.